The smallest absolute Gasteiger partial charge is 0.305 e. The zero-order valence-corrected chi connectivity index (χ0v) is 17.2. The maximum Gasteiger partial charge on any atom is 0.305 e. The van der Waals surface area contributed by atoms with Crippen LogP contribution in [-0.4, -0.2) is 29.1 Å². The molecule has 0 aliphatic carbocycles. The van der Waals surface area contributed by atoms with E-state index < -0.39 is 17.9 Å². The summed E-state index contributed by atoms with van der Waals surface area (Å²) in [6.45, 7) is 4.19. The Morgan fingerprint density at radius 3 is 2.48 bits per heavy atom. The van der Waals surface area contributed by atoms with Crippen molar-refractivity contribution in [3.05, 3.63) is 82.7 Å². The second kappa shape index (κ2) is 10.1. The number of carbonyl (C=O) groups excluding carboxylic acids is 2. The van der Waals surface area contributed by atoms with Gasteiger partial charge in [0.25, 0.3) is 11.5 Å². The normalized spacial score (nSPS) is 11.4. The SMILES string of the molecule is CCOc1ccc(O[C@@H](C)C(=O)NNC(=O)c2ccc(Cn3ccccc3=O)o2)cc1. The molecule has 162 valence electrons. The van der Waals surface area contributed by atoms with Crippen LogP contribution in [0.4, 0.5) is 0 Å². The van der Waals surface area contributed by atoms with Gasteiger partial charge in [-0.1, -0.05) is 6.07 Å². The number of aromatic nitrogens is 1. The second-order valence-corrected chi connectivity index (χ2v) is 6.54. The molecule has 0 saturated heterocycles. The van der Waals surface area contributed by atoms with Crippen molar-refractivity contribution in [1.82, 2.24) is 15.4 Å². The average molecular weight is 425 g/mol. The highest BCUT2D eigenvalue weighted by molar-refractivity contribution is 5.93. The van der Waals surface area contributed by atoms with E-state index in [9.17, 15) is 14.4 Å². The van der Waals surface area contributed by atoms with Crippen LogP contribution in [0.1, 0.15) is 30.2 Å². The minimum atomic E-state index is -0.852. The molecule has 2 amide bonds. The Kier molecular flexibility index (Phi) is 7.10. The molecule has 9 nitrogen and oxygen atoms in total. The molecule has 0 spiro atoms. The summed E-state index contributed by atoms with van der Waals surface area (Å²) in [6, 6.07) is 14.7. The predicted octanol–water partition coefficient (Wildman–Crippen LogP) is 2.12. The predicted molar refractivity (Wildman–Crippen MR) is 112 cm³/mol. The highest BCUT2D eigenvalue weighted by atomic mass is 16.5. The van der Waals surface area contributed by atoms with E-state index in [4.69, 9.17) is 13.9 Å². The van der Waals surface area contributed by atoms with Crippen molar-refractivity contribution < 1.29 is 23.5 Å². The molecule has 2 heterocycles. The Morgan fingerprint density at radius 1 is 1.03 bits per heavy atom. The molecule has 0 unspecified atom stereocenters. The largest absolute Gasteiger partial charge is 0.494 e. The van der Waals surface area contributed by atoms with Gasteiger partial charge in [0.15, 0.2) is 11.9 Å². The first-order chi connectivity index (χ1) is 15.0. The van der Waals surface area contributed by atoms with Crippen molar-refractivity contribution in [1.29, 1.82) is 0 Å². The van der Waals surface area contributed by atoms with E-state index in [2.05, 4.69) is 10.9 Å². The van der Waals surface area contributed by atoms with E-state index in [0.29, 0.717) is 23.9 Å². The first-order valence-electron chi connectivity index (χ1n) is 9.70. The Balaban J connectivity index is 1.49. The molecular formula is C22H23N3O6. The maximum absolute atomic E-state index is 12.2. The van der Waals surface area contributed by atoms with E-state index in [1.807, 2.05) is 6.92 Å². The van der Waals surface area contributed by atoms with Gasteiger partial charge in [-0.15, -0.1) is 0 Å². The Labute approximate surface area is 178 Å². The fourth-order valence-corrected chi connectivity index (χ4v) is 2.66. The summed E-state index contributed by atoms with van der Waals surface area (Å²) in [5.41, 5.74) is 4.39. The molecule has 0 fully saturated rings. The van der Waals surface area contributed by atoms with Crippen LogP contribution in [0.15, 0.2) is 70.0 Å². The molecule has 9 heteroatoms. The highest BCUT2D eigenvalue weighted by Crippen LogP contribution is 2.18. The summed E-state index contributed by atoms with van der Waals surface area (Å²) < 4.78 is 17.8. The molecule has 2 N–H and O–H groups in total. The molecule has 0 saturated carbocycles. The van der Waals surface area contributed by atoms with Gasteiger partial charge >= 0.3 is 5.91 Å². The van der Waals surface area contributed by atoms with Crippen LogP contribution >= 0.6 is 0 Å². The molecule has 3 aromatic rings. The van der Waals surface area contributed by atoms with Gasteiger partial charge in [0.05, 0.1) is 13.2 Å². The lowest BCUT2D eigenvalue weighted by molar-refractivity contribution is -0.128. The van der Waals surface area contributed by atoms with Crippen molar-refractivity contribution in [2.45, 2.75) is 26.5 Å². The monoisotopic (exact) mass is 425 g/mol. The number of rotatable bonds is 8. The van der Waals surface area contributed by atoms with E-state index in [1.54, 1.807) is 55.6 Å². The van der Waals surface area contributed by atoms with Crippen molar-refractivity contribution in [3.63, 3.8) is 0 Å². The number of ether oxygens (including phenoxy) is 2. The third kappa shape index (κ3) is 5.99. The maximum atomic E-state index is 12.2. The Bertz CT molecular complexity index is 1090. The van der Waals surface area contributed by atoms with Gasteiger partial charge in [-0.25, -0.2) is 0 Å². The minimum Gasteiger partial charge on any atom is -0.494 e. The van der Waals surface area contributed by atoms with E-state index in [1.165, 1.54) is 16.7 Å². The van der Waals surface area contributed by atoms with Gasteiger partial charge in [-0.3, -0.25) is 25.2 Å². The van der Waals surface area contributed by atoms with Gasteiger partial charge in [0, 0.05) is 12.3 Å². The summed E-state index contributed by atoms with van der Waals surface area (Å²) in [7, 11) is 0. The van der Waals surface area contributed by atoms with E-state index in [-0.39, 0.29) is 17.9 Å². The fraction of sp³-hybridized carbons (Fsp3) is 0.227. The number of benzene rings is 1. The number of nitrogens with zero attached hydrogens (tertiary/aromatic N) is 1. The number of furan rings is 1. The van der Waals surface area contributed by atoms with Gasteiger partial charge in [-0.2, -0.15) is 0 Å². The lowest BCUT2D eigenvalue weighted by atomic mass is 10.3. The van der Waals surface area contributed by atoms with Crippen LogP contribution in [0.25, 0.3) is 0 Å². The summed E-state index contributed by atoms with van der Waals surface area (Å²) in [5.74, 6) is 0.452. The molecule has 0 radical (unpaired) electrons. The molecule has 1 atom stereocenters. The summed E-state index contributed by atoms with van der Waals surface area (Å²) in [5, 5.41) is 0. The van der Waals surface area contributed by atoms with Crippen LogP contribution in [0.2, 0.25) is 0 Å². The van der Waals surface area contributed by atoms with Crippen LogP contribution in [0.3, 0.4) is 0 Å². The number of hydrogen-bond donors (Lipinski definition) is 2. The number of amides is 2. The lowest BCUT2D eigenvalue weighted by Gasteiger charge is -2.15. The minimum absolute atomic E-state index is 0.000588. The van der Waals surface area contributed by atoms with Crippen molar-refractivity contribution in [2.24, 2.45) is 0 Å². The first kappa shape index (κ1) is 21.7. The number of carbonyl (C=O) groups is 2. The third-order valence-electron chi connectivity index (χ3n) is 4.23. The molecule has 0 aliphatic heterocycles. The Hall–Kier alpha value is -4.01. The summed E-state index contributed by atoms with van der Waals surface area (Å²) in [6.07, 6.45) is 0.770. The first-order valence-corrected chi connectivity index (χ1v) is 9.70. The van der Waals surface area contributed by atoms with E-state index >= 15 is 0 Å². The van der Waals surface area contributed by atoms with E-state index in [0.717, 1.165) is 0 Å². The standard InChI is InChI=1S/C22H23N3O6/c1-3-29-16-7-9-17(10-8-16)30-15(2)21(27)23-24-22(28)19-12-11-18(31-19)14-25-13-5-4-6-20(25)26/h4-13,15H,3,14H2,1-2H3,(H,23,27)(H,24,28)/t15-/m0/s1. The van der Waals surface area contributed by atoms with Crippen molar-refractivity contribution >= 4 is 11.8 Å². The van der Waals surface area contributed by atoms with Crippen molar-refractivity contribution in [2.75, 3.05) is 6.61 Å². The van der Waals surface area contributed by atoms with Gasteiger partial charge < -0.3 is 18.5 Å². The topological polar surface area (TPSA) is 112 Å². The number of nitrogens with one attached hydrogen (secondary N) is 2. The molecular weight excluding hydrogens is 402 g/mol. The summed E-state index contributed by atoms with van der Waals surface area (Å²) >= 11 is 0. The second-order valence-electron chi connectivity index (χ2n) is 6.54. The molecule has 31 heavy (non-hydrogen) atoms. The molecule has 1 aromatic carbocycles. The van der Waals surface area contributed by atoms with Crippen LogP contribution in [0, 0.1) is 0 Å². The average Bonchev–Trinajstić information content (AvgIpc) is 3.23. The quantitative estimate of drug-likeness (QED) is 0.535. The third-order valence-corrected chi connectivity index (χ3v) is 4.23. The zero-order valence-electron chi connectivity index (χ0n) is 17.2. The zero-order chi connectivity index (χ0) is 22.2. The molecule has 0 aliphatic rings. The summed E-state index contributed by atoms with van der Waals surface area (Å²) in [4.78, 5) is 36.2. The van der Waals surface area contributed by atoms with Crippen molar-refractivity contribution in [3.8, 4) is 11.5 Å². The van der Waals surface area contributed by atoms with Crippen LogP contribution in [0.5, 0.6) is 11.5 Å². The molecule has 2 aromatic heterocycles. The van der Waals surface area contributed by atoms with Gasteiger partial charge in [0.2, 0.25) is 0 Å². The van der Waals surface area contributed by atoms with Gasteiger partial charge in [0.1, 0.15) is 17.3 Å². The van der Waals surface area contributed by atoms with Gasteiger partial charge in [-0.05, 0) is 56.3 Å². The Morgan fingerprint density at radius 2 is 1.77 bits per heavy atom. The van der Waals surface area contributed by atoms with Crippen LogP contribution in [-0.2, 0) is 11.3 Å². The highest BCUT2D eigenvalue weighted by Gasteiger charge is 2.17. The number of hydrogen-bond acceptors (Lipinski definition) is 6. The molecule has 3 rings (SSSR count). The number of pyridine rings is 1. The fourth-order valence-electron chi connectivity index (χ4n) is 2.66. The number of hydrazine groups is 1. The lowest BCUT2D eigenvalue weighted by Crippen LogP contribution is -2.47. The van der Waals surface area contributed by atoms with Crippen LogP contribution < -0.4 is 25.9 Å². The molecule has 0 bridgehead atoms.